The monoisotopic (exact) mass is 389 g/mol. The second-order valence-electron chi connectivity index (χ2n) is 5.35. The molecule has 7 nitrogen and oxygen atoms in total. The molecule has 0 fully saturated rings. The highest BCUT2D eigenvalue weighted by atomic mass is 32.2. The van der Waals surface area contributed by atoms with E-state index in [-0.39, 0.29) is 17.1 Å². The maximum Gasteiger partial charge on any atom is 0.416 e. The van der Waals surface area contributed by atoms with E-state index in [1.165, 1.54) is 24.3 Å². The van der Waals surface area contributed by atoms with Crippen LogP contribution in [0.2, 0.25) is 0 Å². The molecule has 0 atom stereocenters. The molecule has 0 amide bonds. The Morgan fingerprint density at radius 3 is 2.23 bits per heavy atom. The van der Waals surface area contributed by atoms with E-state index in [1.54, 1.807) is 0 Å². The Bertz CT molecular complexity index is 913. The predicted octanol–water partition coefficient (Wildman–Crippen LogP) is 2.92. The number of sulfonamides is 1. The molecule has 2 rings (SSSR count). The van der Waals surface area contributed by atoms with Crippen LogP contribution in [0.5, 0.6) is 0 Å². The van der Waals surface area contributed by atoms with E-state index in [0.717, 1.165) is 17.7 Å². The van der Waals surface area contributed by atoms with Crippen LogP contribution in [0, 0.1) is 10.1 Å². The minimum Gasteiger partial charge on any atom is -0.379 e. The van der Waals surface area contributed by atoms with E-state index in [1.807, 2.05) is 0 Å². The van der Waals surface area contributed by atoms with Gasteiger partial charge in [0.1, 0.15) is 5.69 Å². The summed E-state index contributed by atoms with van der Waals surface area (Å²) >= 11 is 0. The first kappa shape index (κ1) is 19.7. The van der Waals surface area contributed by atoms with Gasteiger partial charge in [-0.05, 0) is 36.2 Å². The normalized spacial score (nSPS) is 12.0. The molecule has 0 saturated carbocycles. The highest BCUT2D eigenvalue weighted by Gasteiger charge is 2.32. The maximum absolute atomic E-state index is 12.7. The van der Waals surface area contributed by atoms with Gasteiger partial charge in [-0.3, -0.25) is 10.1 Å². The van der Waals surface area contributed by atoms with Crippen molar-refractivity contribution in [3.05, 3.63) is 63.7 Å². The lowest BCUT2D eigenvalue weighted by Crippen LogP contribution is -2.12. The second-order valence-corrected chi connectivity index (χ2v) is 6.91. The summed E-state index contributed by atoms with van der Waals surface area (Å²) in [5.41, 5.74) is -1.10. The topological polar surface area (TPSA) is 115 Å². The number of hydrogen-bond donors (Lipinski definition) is 2. The lowest BCUT2D eigenvalue weighted by Gasteiger charge is -2.10. The summed E-state index contributed by atoms with van der Waals surface area (Å²) in [5.74, 6) is 0. The zero-order valence-electron chi connectivity index (χ0n) is 13.2. The Hall–Kier alpha value is -2.66. The molecule has 0 aliphatic heterocycles. The molecule has 0 bridgehead atoms. The Labute approximate surface area is 146 Å². The number of rotatable bonds is 6. The van der Waals surface area contributed by atoms with Crippen LogP contribution in [0.25, 0.3) is 0 Å². The van der Waals surface area contributed by atoms with Crippen LogP contribution < -0.4 is 10.5 Å². The van der Waals surface area contributed by atoms with E-state index in [9.17, 15) is 31.7 Å². The first-order valence-electron chi connectivity index (χ1n) is 7.20. The van der Waals surface area contributed by atoms with Crippen molar-refractivity contribution >= 4 is 21.4 Å². The number of nitro benzene ring substituents is 1. The third-order valence-electron chi connectivity index (χ3n) is 3.50. The van der Waals surface area contributed by atoms with Crippen molar-refractivity contribution in [1.82, 2.24) is 0 Å². The summed E-state index contributed by atoms with van der Waals surface area (Å²) in [7, 11) is -3.80. The summed E-state index contributed by atoms with van der Waals surface area (Å²) in [5, 5.41) is 18.7. The molecule has 2 aromatic rings. The largest absolute Gasteiger partial charge is 0.416 e. The number of anilines is 1. The molecule has 0 spiro atoms. The van der Waals surface area contributed by atoms with Gasteiger partial charge in [0.25, 0.3) is 5.69 Å². The van der Waals surface area contributed by atoms with Gasteiger partial charge in [0.05, 0.1) is 15.4 Å². The smallest absolute Gasteiger partial charge is 0.379 e. The number of alkyl halides is 3. The molecular weight excluding hydrogens is 375 g/mol. The molecule has 0 unspecified atom stereocenters. The number of nitrogens with two attached hydrogens (primary N) is 1. The summed E-state index contributed by atoms with van der Waals surface area (Å²) in [4.78, 5) is 10.1. The zero-order valence-corrected chi connectivity index (χ0v) is 14.0. The van der Waals surface area contributed by atoms with E-state index >= 15 is 0 Å². The summed E-state index contributed by atoms with van der Waals surface area (Å²) in [6.07, 6.45) is -4.31. The van der Waals surface area contributed by atoms with Crippen molar-refractivity contribution in [3.63, 3.8) is 0 Å². The lowest BCUT2D eigenvalue weighted by atomic mass is 10.1. The molecule has 11 heteroatoms. The average Bonchev–Trinajstić information content (AvgIpc) is 2.53. The molecule has 0 saturated heterocycles. The van der Waals surface area contributed by atoms with Crippen LogP contribution in [-0.4, -0.2) is 19.9 Å². The third-order valence-corrected chi connectivity index (χ3v) is 4.43. The first-order chi connectivity index (χ1) is 12.0. The van der Waals surface area contributed by atoms with E-state index in [4.69, 9.17) is 5.14 Å². The maximum atomic E-state index is 12.7. The molecule has 0 aromatic heterocycles. The van der Waals surface area contributed by atoms with Crippen LogP contribution in [0.4, 0.5) is 24.5 Å². The number of halogens is 3. The van der Waals surface area contributed by atoms with Crippen molar-refractivity contribution in [2.45, 2.75) is 17.5 Å². The van der Waals surface area contributed by atoms with E-state index in [0.29, 0.717) is 12.5 Å². The molecule has 0 heterocycles. The van der Waals surface area contributed by atoms with Crippen LogP contribution >= 0.6 is 0 Å². The fourth-order valence-corrected chi connectivity index (χ4v) is 2.71. The molecule has 140 valence electrons. The molecule has 2 aromatic carbocycles. The van der Waals surface area contributed by atoms with Gasteiger partial charge in [-0.2, -0.15) is 13.2 Å². The van der Waals surface area contributed by atoms with Crippen LogP contribution in [0.15, 0.2) is 47.4 Å². The number of nitrogens with one attached hydrogen (secondary N) is 1. The Morgan fingerprint density at radius 2 is 1.73 bits per heavy atom. The van der Waals surface area contributed by atoms with Crippen molar-refractivity contribution in [2.24, 2.45) is 5.14 Å². The molecule has 0 aliphatic rings. The SMILES string of the molecule is NS(=O)(=O)c1ccc(CCNc2ccc(C(F)(F)F)cc2[N+](=O)[O-])cc1. The van der Waals surface area contributed by atoms with Crippen molar-refractivity contribution in [2.75, 3.05) is 11.9 Å². The van der Waals surface area contributed by atoms with Crippen LogP contribution in [0.3, 0.4) is 0 Å². The highest BCUT2D eigenvalue weighted by Crippen LogP contribution is 2.34. The summed E-state index contributed by atoms with van der Waals surface area (Å²) in [6, 6.07) is 7.95. The Kier molecular flexibility index (Phi) is 5.52. The standard InChI is InChI=1S/C15H14F3N3O4S/c16-15(17,18)11-3-6-13(14(9-11)21(22)23)20-8-7-10-1-4-12(5-2-10)26(19,24)25/h1-6,9,20H,7-8H2,(H2,19,24,25). The van der Waals surface area contributed by atoms with Crippen molar-refractivity contribution in [1.29, 1.82) is 0 Å². The van der Waals surface area contributed by atoms with Gasteiger partial charge >= 0.3 is 6.18 Å². The molecule has 3 N–H and O–H groups in total. The molecular formula is C15H14F3N3O4S. The highest BCUT2D eigenvalue weighted by molar-refractivity contribution is 7.89. The van der Waals surface area contributed by atoms with Crippen LogP contribution in [0.1, 0.15) is 11.1 Å². The fourth-order valence-electron chi connectivity index (χ4n) is 2.20. The van der Waals surface area contributed by atoms with Gasteiger partial charge < -0.3 is 5.32 Å². The Morgan fingerprint density at radius 1 is 1.12 bits per heavy atom. The molecule has 26 heavy (non-hydrogen) atoms. The first-order valence-corrected chi connectivity index (χ1v) is 8.74. The van der Waals surface area contributed by atoms with Gasteiger partial charge in [-0.1, -0.05) is 12.1 Å². The van der Waals surface area contributed by atoms with Gasteiger partial charge in [-0.15, -0.1) is 0 Å². The number of nitro groups is 1. The molecule has 0 aliphatic carbocycles. The number of nitrogens with zero attached hydrogens (tertiary/aromatic N) is 1. The third kappa shape index (κ3) is 4.92. The number of benzene rings is 2. The van der Waals surface area contributed by atoms with Crippen LogP contribution in [-0.2, 0) is 22.6 Å². The molecule has 0 radical (unpaired) electrons. The number of primary sulfonamides is 1. The quantitative estimate of drug-likeness (QED) is 0.582. The predicted molar refractivity (Wildman–Crippen MR) is 88.1 cm³/mol. The van der Waals surface area contributed by atoms with Gasteiger partial charge in [0, 0.05) is 12.6 Å². The zero-order chi connectivity index (χ0) is 19.5. The van der Waals surface area contributed by atoms with Gasteiger partial charge in [-0.25, -0.2) is 13.6 Å². The lowest BCUT2D eigenvalue weighted by molar-refractivity contribution is -0.384. The van der Waals surface area contributed by atoms with E-state index in [2.05, 4.69) is 5.32 Å². The second kappa shape index (κ2) is 7.30. The van der Waals surface area contributed by atoms with Crippen molar-refractivity contribution in [3.8, 4) is 0 Å². The van der Waals surface area contributed by atoms with Gasteiger partial charge in [0.15, 0.2) is 0 Å². The number of hydrogen-bond acceptors (Lipinski definition) is 5. The average molecular weight is 389 g/mol. The minimum atomic E-state index is -4.67. The minimum absolute atomic E-state index is 0.0378. The van der Waals surface area contributed by atoms with Crippen molar-refractivity contribution < 1.29 is 26.5 Å². The van der Waals surface area contributed by atoms with E-state index < -0.39 is 32.4 Å². The summed E-state index contributed by atoms with van der Waals surface area (Å²) < 4.78 is 60.3. The summed E-state index contributed by atoms with van der Waals surface area (Å²) in [6.45, 7) is 0.195. The fraction of sp³-hybridized carbons (Fsp3) is 0.200. The Balaban J connectivity index is 2.09. The van der Waals surface area contributed by atoms with Gasteiger partial charge in [0.2, 0.25) is 10.0 Å².